The van der Waals surface area contributed by atoms with E-state index in [4.69, 9.17) is 4.42 Å². The number of benzene rings is 2. The van der Waals surface area contributed by atoms with Crippen molar-refractivity contribution in [3.8, 4) is 0 Å². The first-order valence-corrected chi connectivity index (χ1v) is 12.1. The second-order valence-corrected chi connectivity index (χ2v) is 9.39. The van der Waals surface area contributed by atoms with Crippen LogP contribution >= 0.6 is 0 Å². The van der Waals surface area contributed by atoms with E-state index in [-0.39, 0.29) is 17.6 Å². The van der Waals surface area contributed by atoms with Crippen LogP contribution in [0.2, 0.25) is 0 Å². The zero-order chi connectivity index (χ0) is 23.9. The zero-order valence-electron chi connectivity index (χ0n) is 19.9. The SMILES string of the molecule is CC(C)CNC(=O)c1cc(NC(=O)c2ccco2)ccc1N1CCC(Cc2ccccc2)CC1. The van der Waals surface area contributed by atoms with Gasteiger partial charge >= 0.3 is 0 Å². The molecule has 1 fully saturated rings. The van der Waals surface area contributed by atoms with E-state index in [0.717, 1.165) is 38.0 Å². The van der Waals surface area contributed by atoms with Crippen molar-refractivity contribution in [1.29, 1.82) is 0 Å². The quantitative estimate of drug-likeness (QED) is 0.474. The van der Waals surface area contributed by atoms with Crippen molar-refractivity contribution in [1.82, 2.24) is 5.32 Å². The summed E-state index contributed by atoms with van der Waals surface area (Å²) in [7, 11) is 0. The molecular formula is C28H33N3O3. The topological polar surface area (TPSA) is 74.6 Å². The Hall–Kier alpha value is -3.54. The van der Waals surface area contributed by atoms with Crippen LogP contribution in [0, 0.1) is 11.8 Å². The molecule has 1 aliphatic heterocycles. The fraction of sp³-hybridized carbons (Fsp3) is 0.357. The summed E-state index contributed by atoms with van der Waals surface area (Å²) in [4.78, 5) is 27.8. The fourth-order valence-electron chi connectivity index (χ4n) is 4.39. The molecule has 1 aliphatic rings. The number of hydrogen-bond donors (Lipinski definition) is 2. The van der Waals surface area contributed by atoms with Gasteiger partial charge in [-0.3, -0.25) is 9.59 Å². The molecule has 1 saturated heterocycles. The number of hydrogen-bond acceptors (Lipinski definition) is 4. The Kier molecular flexibility index (Phi) is 7.68. The van der Waals surface area contributed by atoms with Crippen molar-refractivity contribution in [2.75, 3.05) is 29.9 Å². The standard InChI is InChI=1S/C28H33N3O3/c1-20(2)19-29-27(32)24-18-23(30-28(33)26-9-6-16-34-26)10-11-25(24)31-14-12-22(13-15-31)17-21-7-4-3-5-8-21/h3-11,16,18,20,22H,12-15,17,19H2,1-2H3,(H,29,32)(H,30,33). The largest absolute Gasteiger partial charge is 0.459 e. The number of rotatable bonds is 8. The van der Waals surface area contributed by atoms with E-state index in [1.54, 1.807) is 18.2 Å². The number of carbonyl (C=O) groups excluding carboxylic acids is 2. The van der Waals surface area contributed by atoms with Crippen LogP contribution in [-0.2, 0) is 6.42 Å². The average Bonchev–Trinajstić information content (AvgIpc) is 3.39. The normalized spacial score (nSPS) is 14.3. The van der Waals surface area contributed by atoms with Gasteiger partial charge in [-0.1, -0.05) is 44.2 Å². The van der Waals surface area contributed by atoms with E-state index in [9.17, 15) is 9.59 Å². The first-order chi connectivity index (χ1) is 16.5. The van der Waals surface area contributed by atoms with Gasteiger partial charge in [0.15, 0.2) is 5.76 Å². The Bertz CT molecular complexity index is 1090. The van der Waals surface area contributed by atoms with E-state index in [1.165, 1.54) is 11.8 Å². The molecule has 0 unspecified atom stereocenters. The molecule has 0 atom stereocenters. The number of anilines is 2. The fourth-order valence-corrected chi connectivity index (χ4v) is 4.39. The highest BCUT2D eigenvalue weighted by Crippen LogP contribution is 2.30. The van der Waals surface area contributed by atoms with Crippen molar-refractivity contribution in [2.24, 2.45) is 11.8 Å². The van der Waals surface area contributed by atoms with E-state index in [1.807, 2.05) is 12.1 Å². The molecule has 34 heavy (non-hydrogen) atoms. The zero-order valence-corrected chi connectivity index (χ0v) is 19.9. The maximum Gasteiger partial charge on any atom is 0.291 e. The van der Waals surface area contributed by atoms with Crippen LogP contribution in [0.25, 0.3) is 0 Å². The summed E-state index contributed by atoms with van der Waals surface area (Å²) in [5.74, 6) is 0.763. The second-order valence-electron chi connectivity index (χ2n) is 9.39. The maximum atomic E-state index is 13.1. The number of piperidine rings is 1. The molecule has 4 rings (SSSR count). The molecule has 0 aliphatic carbocycles. The van der Waals surface area contributed by atoms with Gasteiger partial charge in [-0.15, -0.1) is 0 Å². The van der Waals surface area contributed by atoms with Crippen LogP contribution in [0.3, 0.4) is 0 Å². The molecule has 0 radical (unpaired) electrons. The van der Waals surface area contributed by atoms with Crippen molar-refractivity contribution in [3.63, 3.8) is 0 Å². The van der Waals surface area contributed by atoms with E-state index in [0.29, 0.717) is 29.6 Å². The molecule has 178 valence electrons. The molecule has 0 saturated carbocycles. The first kappa shape index (κ1) is 23.6. The van der Waals surface area contributed by atoms with Crippen molar-refractivity contribution >= 4 is 23.2 Å². The summed E-state index contributed by atoms with van der Waals surface area (Å²) in [5.41, 5.74) is 3.44. The minimum atomic E-state index is -0.340. The van der Waals surface area contributed by atoms with Gasteiger partial charge in [0.2, 0.25) is 0 Å². The van der Waals surface area contributed by atoms with Crippen LogP contribution in [0.5, 0.6) is 0 Å². The predicted molar refractivity (Wildman–Crippen MR) is 135 cm³/mol. The van der Waals surface area contributed by atoms with Crippen LogP contribution < -0.4 is 15.5 Å². The maximum absolute atomic E-state index is 13.1. The van der Waals surface area contributed by atoms with Gasteiger partial charge < -0.3 is 20.0 Å². The molecule has 1 aromatic heterocycles. The lowest BCUT2D eigenvalue weighted by atomic mass is 9.89. The van der Waals surface area contributed by atoms with Crippen LogP contribution in [0.1, 0.15) is 53.2 Å². The van der Waals surface area contributed by atoms with Gasteiger partial charge in [-0.2, -0.15) is 0 Å². The third kappa shape index (κ3) is 6.07. The van der Waals surface area contributed by atoms with Gasteiger partial charge in [0.1, 0.15) is 0 Å². The number of nitrogens with one attached hydrogen (secondary N) is 2. The van der Waals surface area contributed by atoms with Crippen LogP contribution in [0.4, 0.5) is 11.4 Å². The Balaban J connectivity index is 1.48. The summed E-state index contributed by atoms with van der Waals surface area (Å²) in [6.45, 7) is 6.54. The summed E-state index contributed by atoms with van der Waals surface area (Å²) in [5, 5.41) is 5.87. The van der Waals surface area contributed by atoms with Crippen LogP contribution in [-0.4, -0.2) is 31.4 Å². The van der Waals surface area contributed by atoms with Gasteiger partial charge in [0.25, 0.3) is 11.8 Å². The average molecular weight is 460 g/mol. The van der Waals surface area contributed by atoms with Crippen molar-refractivity contribution in [3.05, 3.63) is 83.8 Å². The summed E-state index contributed by atoms with van der Waals surface area (Å²) in [6.07, 6.45) is 4.72. The van der Waals surface area contributed by atoms with Gasteiger partial charge in [0, 0.05) is 31.0 Å². The molecule has 6 nitrogen and oxygen atoms in total. The summed E-state index contributed by atoms with van der Waals surface area (Å²) < 4.78 is 5.18. The monoisotopic (exact) mass is 459 g/mol. The first-order valence-electron chi connectivity index (χ1n) is 12.1. The molecule has 0 spiro atoms. The number of nitrogens with zero attached hydrogens (tertiary/aromatic N) is 1. The highest BCUT2D eigenvalue weighted by Gasteiger charge is 2.24. The van der Waals surface area contributed by atoms with Crippen molar-refractivity contribution in [2.45, 2.75) is 33.1 Å². The Morgan fingerprint density at radius 1 is 1.00 bits per heavy atom. The molecule has 2 amide bonds. The lowest BCUT2D eigenvalue weighted by molar-refractivity contribution is 0.0947. The highest BCUT2D eigenvalue weighted by molar-refractivity contribution is 6.05. The molecular weight excluding hydrogens is 426 g/mol. The number of carbonyl (C=O) groups is 2. The predicted octanol–water partition coefficient (Wildman–Crippen LogP) is 5.38. The lowest BCUT2D eigenvalue weighted by Crippen LogP contribution is -2.36. The molecule has 2 N–H and O–H groups in total. The Morgan fingerprint density at radius 2 is 1.76 bits per heavy atom. The smallest absolute Gasteiger partial charge is 0.291 e. The molecule has 3 aromatic rings. The Labute approximate surface area is 201 Å². The van der Waals surface area contributed by atoms with Crippen LogP contribution in [0.15, 0.2) is 71.3 Å². The van der Waals surface area contributed by atoms with Gasteiger partial charge in [0.05, 0.1) is 11.8 Å². The van der Waals surface area contributed by atoms with E-state index >= 15 is 0 Å². The lowest BCUT2D eigenvalue weighted by Gasteiger charge is -2.35. The number of amides is 2. The highest BCUT2D eigenvalue weighted by atomic mass is 16.3. The molecule has 2 heterocycles. The molecule has 2 aromatic carbocycles. The van der Waals surface area contributed by atoms with Crippen molar-refractivity contribution < 1.29 is 14.0 Å². The minimum Gasteiger partial charge on any atom is -0.459 e. The van der Waals surface area contributed by atoms with E-state index < -0.39 is 0 Å². The summed E-state index contributed by atoms with van der Waals surface area (Å²) >= 11 is 0. The van der Waals surface area contributed by atoms with Gasteiger partial charge in [-0.05, 0) is 67.0 Å². The third-order valence-electron chi connectivity index (χ3n) is 6.24. The molecule has 0 bridgehead atoms. The minimum absolute atomic E-state index is 0.121. The van der Waals surface area contributed by atoms with Gasteiger partial charge in [-0.25, -0.2) is 0 Å². The summed E-state index contributed by atoms with van der Waals surface area (Å²) in [6, 6.07) is 19.5. The Morgan fingerprint density at radius 3 is 2.44 bits per heavy atom. The second kappa shape index (κ2) is 11.1. The third-order valence-corrected chi connectivity index (χ3v) is 6.24. The number of furan rings is 1. The molecule has 6 heteroatoms. The van der Waals surface area contributed by atoms with E-state index in [2.05, 4.69) is 59.7 Å².